The van der Waals surface area contributed by atoms with E-state index in [1.807, 2.05) is 0 Å². The van der Waals surface area contributed by atoms with Crippen molar-refractivity contribution in [3.63, 3.8) is 0 Å². The van der Waals surface area contributed by atoms with Crippen molar-refractivity contribution in [2.45, 2.75) is 13.8 Å². The molecule has 5 nitrogen and oxygen atoms in total. The van der Waals surface area contributed by atoms with Gasteiger partial charge in [0.2, 0.25) is 0 Å². The van der Waals surface area contributed by atoms with Crippen molar-refractivity contribution < 1.29 is 23.9 Å². The average molecular weight is 277 g/mol. The highest BCUT2D eigenvalue weighted by molar-refractivity contribution is 6.52. The van der Waals surface area contributed by atoms with E-state index in [-0.39, 0.29) is 17.8 Å². The third-order valence-electron chi connectivity index (χ3n) is 2.94. The van der Waals surface area contributed by atoms with Gasteiger partial charge in [-0.3, -0.25) is 14.5 Å². The van der Waals surface area contributed by atoms with Crippen LogP contribution in [0, 0.1) is 12.7 Å². The number of hydrogen-bond donors (Lipinski definition) is 1. The van der Waals surface area contributed by atoms with E-state index in [9.17, 15) is 18.8 Å². The van der Waals surface area contributed by atoms with Gasteiger partial charge in [-0.25, -0.2) is 9.18 Å². The third kappa shape index (κ3) is 2.32. The molecule has 104 valence electrons. The first-order valence-electron chi connectivity index (χ1n) is 5.87. The molecule has 0 atom stereocenters. The summed E-state index contributed by atoms with van der Waals surface area (Å²) in [6.07, 6.45) is 0.918. The number of carbonyl (C=O) groups excluding carboxylic acids is 2. The van der Waals surface area contributed by atoms with E-state index in [0.717, 1.165) is 11.0 Å². The van der Waals surface area contributed by atoms with Crippen LogP contribution in [-0.4, -0.2) is 29.3 Å². The minimum Gasteiger partial charge on any atom is -0.478 e. The van der Waals surface area contributed by atoms with Crippen LogP contribution < -0.4 is 4.90 Å². The fraction of sp³-hybridized carbons (Fsp3) is 0.214. The fourth-order valence-corrected chi connectivity index (χ4v) is 2.18. The molecule has 20 heavy (non-hydrogen) atoms. The molecule has 0 aromatic heterocycles. The predicted molar refractivity (Wildman–Crippen MR) is 69.2 cm³/mol. The van der Waals surface area contributed by atoms with Gasteiger partial charge in [0.1, 0.15) is 5.82 Å². The van der Waals surface area contributed by atoms with Crippen LogP contribution in [0.5, 0.6) is 0 Å². The Morgan fingerprint density at radius 3 is 2.65 bits per heavy atom. The van der Waals surface area contributed by atoms with Crippen LogP contribution in [0.3, 0.4) is 0 Å². The summed E-state index contributed by atoms with van der Waals surface area (Å²) in [7, 11) is 0. The van der Waals surface area contributed by atoms with Crippen LogP contribution in [0.15, 0.2) is 23.8 Å². The van der Waals surface area contributed by atoms with Crippen LogP contribution in [0.25, 0.3) is 0 Å². The van der Waals surface area contributed by atoms with Crippen molar-refractivity contribution in [3.05, 3.63) is 40.7 Å². The normalized spacial score (nSPS) is 14.8. The van der Waals surface area contributed by atoms with Gasteiger partial charge in [-0.1, -0.05) is 0 Å². The van der Waals surface area contributed by atoms with Crippen LogP contribution in [0.1, 0.15) is 22.8 Å². The van der Waals surface area contributed by atoms with Gasteiger partial charge in [-0.05, 0) is 37.1 Å². The lowest BCUT2D eigenvalue weighted by atomic mass is 10.1. The molecule has 0 radical (unpaired) electrons. The van der Waals surface area contributed by atoms with Gasteiger partial charge in [-0.15, -0.1) is 0 Å². The van der Waals surface area contributed by atoms with Crippen molar-refractivity contribution in [2.75, 3.05) is 11.4 Å². The van der Waals surface area contributed by atoms with E-state index in [2.05, 4.69) is 0 Å². The van der Waals surface area contributed by atoms with Gasteiger partial charge in [0, 0.05) is 12.6 Å². The number of nitrogens with zero attached hydrogens (tertiary/aromatic N) is 1. The standard InChI is InChI=1S/C14H12FNO4/c1-7-3-9-12(10(15)4-7)16(14(20)13(9)19)6-8(2)5-11(17)18/h3-5H,6H2,1-2H3,(H,17,18). The second-order valence-electron chi connectivity index (χ2n) is 4.69. The van der Waals surface area contributed by atoms with Crippen LogP contribution in [0.2, 0.25) is 0 Å². The Morgan fingerprint density at radius 2 is 2.05 bits per heavy atom. The number of anilines is 1. The molecule has 0 saturated heterocycles. The number of aliphatic carboxylic acids is 1. The summed E-state index contributed by atoms with van der Waals surface area (Å²) in [5.41, 5.74) is 0.827. The van der Waals surface area contributed by atoms with Crippen LogP contribution >= 0.6 is 0 Å². The fourth-order valence-electron chi connectivity index (χ4n) is 2.18. The number of carbonyl (C=O) groups is 3. The number of ketones is 1. The number of amides is 1. The van der Waals surface area contributed by atoms with Crippen molar-refractivity contribution >= 4 is 23.3 Å². The average Bonchev–Trinajstić information content (AvgIpc) is 2.53. The van der Waals surface area contributed by atoms with E-state index in [1.54, 1.807) is 6.92 Å². The third-order valence-corrected chi connectivity index (χ3v) is 2.94. The van der Waals surface area contributed by atoms with Crippen LogP contribution in [-0.2, 0) is 9.59 Å². The maximum absolute atomic E-state index is 14.0. The first-order chi connectivity index (χ1) is 9.31. The summed E-state index contributed by atoms with van der Waals surface area (Å²) in [6, 6.07) is 2.68. The second kappa shape index (κ2) is 4.88. The summed E-state index contributed by atoms with van der Waals surface area (Å²) in [6.45, 7) is 2.99. The topological polar surface area (TPSA) is 74.7 Å². The minimum absolute atomic E-state index is 0.0237. The number of fused-ring (bicyclic) bond motifs is 1. The number of halogens is 1. The lowest BCUT2D eigenvalue weighted by Crippen LogP contribution is -2.31. The number of aryl methyl sites for hydroxylation is 1. The molecule has 0 spiro atoms. The number of carboxylic acids is 1. The predicted octanol–water partition coefficient (Wildman–Crippen LogP) is 1.69. The highest BCUT2D eigenvalue weighted by Gasteiger charge is 2.38. The zero-order valence-electron chi connectivity index (χ0n) is 10.9. The second-order valence-corrected chi connectivity index (χ2v) is 4.69. The Balaban J connectivity index is 2.46. The highest BCUT2D eigenvalue weighted by Crippen LogP contribution is 2.33. The lowest BCUT2D eigenvalue weighted by Gasteiger charge is -2.17. The number of rotatable bonds is 3. The van der Waals surface area contributed by atoms with Gasteiger partial charge >= 0.3 is 5.97 Å². The molecule has 0 aliphatic carbocycles. The smallest absolute Gasteiger partial charge is 0.328 e. The van der Waals surface area contributed by atoms with Crippen LogP contribution in [0.4, 0.5) is 10.1 Å². The molecule has 1 N–H and O–H groups in total. The zero-order chi connectivity index (χ0) is 15.0. The number of benzene rings is 1. The SMILES string of the molecule is CC(=CC(=O)O)CN1C(=O)C(=O)c2cc(C)cc(F)c21. The molecule has 1 aliphatic heterocycles. The van der Waals surface area contributed by atoms with E-state index >= 15 is 0 Å². The molecule has 1 heterocycles. The maximum Gasteiger partial charge on any atom is 0.328 e. The Morgan fingerprint density at radius 1 is 1.40 bits per heavy atom. The molecular formula is C14H12FNO4. The summed E-state index contributed by atoms with van der Waals surface area (Å²) in [5.74, 6) is -3.44. The Kier molecular flexibility index (Phi) is 3.40. The van der Waals surface area contributed by atoms with E-state index < -0.39 is 23.5 Å². The summed E-state index contributed by atoms with van der Waals surface area (Å²) in [4.78, 5) is 35.2. The molecule has 6 heteroatoms. The quantitative estimate of drug-likeness (QED) is 0.674. The summed E-state index contributed by atoms with van der Waals surface area (Å²) < 4.78 is 14.0. The Labute approximate surface area is 114 Å². The summed E-state index contributed by atoms with van der Waals surface area (Å²) in [5, 5.41) is 8.64. The number of Topliss-reactive ketones (excluding diaryl/α,β-unsaturated/α-hetero) is 1. The highest BCUT2D eigenvalue weighted by atomic mass is 19.1. The molecule has 0 fully saturated rings. The van der Waals surface area contributed by atoms with Crippen molar-refractivity contribution in [3.8, 4) is 0 Å². The van der Waals surface area contributed by atoms with Crippen molar-refractivity contribution in [2.24, 2.45) is 0 Å². The Bertz CT molecular complexity index is 663. The molecule has 0 unspecified atom stereocenters. The molecule has 2 rings (SSSR count). The molecule has 1 aromatic rings. The monoisotopic (exact) mass is 277 g/mol. The molecule has 1 aliphatic rings. The largest absolute Gasteiger partial charge is 0.478 e. The molecule has 1 aromatic carbocycles. The maximum atomic E-state index is 14.0. The first-order valence-corrected chi connectivity index (χ1v) is 5.87. The molecule has 1 amide bonds. The van der Waals surface area contributed by atoms with Crippen molar-refractivity contribution in [1.29, 1.82) is 0 Å². The molecule has 0 saturated carbocycles. The van der Waals surface area contributed by atoms with Gasteiger partial charge in [-0.2, -0.15) is 0 Å². The number of carboxylic acid groups (broad SMARTS) is 1. The lowest BCUT2D eigenvalue weighted by molar-refractivity contribution is -0.131. The van der Waals surface area contributed by atoms with E-state index in [4.69, 9.17) is 5.11 Å². The van der Waals surface area contributed by atoms with E-state index in [1.165, 1.54) is 19.1 Å². The molecular weight excluding hydrogens is 265 g/mol. The zero-order valence-corrected chi connectivity index (χ0v) is 10.9. The number of hydrogen-bond acceptors (Lipinski definition) is 3. The van der Waals surface area contributed by atoms with Gasteiger partial charge in [0.05, 0.1) is 11.3 Å². The minimum atomic E-state index is -1.16. The van der Waals surface area contributed by atoms with Crippen molar-refractivity contribution in [1.82, 2.24) is 0 Å². The summed E-state index contributed by atoms with van der Waals surface area (Å²) >= 11 is 0. The first kappa shape index (κ1) is 13.9. The van der Waals surface area contributed by atoms with E-state index in [0.29, 0.717) is 11.1 Å². The Hall–Kier alpha value is -2.50. The van der Waals surface area contributed by atoms with Gasteiger partial charge in [0.25, 0.3) is 11.7 Å². The van der Waals surface area contributed by atoms with Gasteiger partial charge in [0.15, 0.2) is 0 Å². The van der Waals surface area contributed by atoms with Gasteiger partial charge < -0.3 is 5.11 Å². The molecule has 0 bridgehead atoms.